The second-order valence-electron chi connectivity index (χ2n) is 7.35. The third kappa shape index (κ3) is 3.20. The standard InChI is InChI=1S/C20H17F4N5/c21-12-1-3-15-14(9-12)18(28-27-15)19-25-16-4-2-13(10-17(16)26-19)29-7-5-11(6-8-29)20(22,23)24/h1-4,9-11H,5-8H2,(H,25,26)(H,27,28). The maximum atomic E-state index is 13.6. The molecule has 9 heteroatoms. The number of nitrogens with zero attached hydrogens (tertiary/aromatic N) is 3. The van der Waals surface area contributed by atoms with E-state index in [2.05, 4.69) is 20.2 Å². The molecule has 1 fully saturated rings. The van der Waals surface area contributed by atoms with E-state index < -0.39 is 12.1 Å². The molecule has 1 aliphatic heterocycles. The summed E-state index contributed by atoms with van der Waals surface area (Å²) in [5.74, 6) is -1.08. The molecule has 2 N–H and O–H groups in total. The Balaban J connectivity index is 1.44. The highest BCUT2D eigenvalue weighted by atomic mass is 19.4. The Morgan fingerprint density at radius 1 is 1.00 bits per heavy atom. The number of imidazole rings is 1. The van der Waals surface area contributed by atoms with E-state index in [1.165, 1.54) is 12.1 Å². The molecule has 0 saturated carbocycles. The van der Waals surface area contributed by atoms with Gasteiger partial charge in [-0.15, -0.1) is 0 Å². The fourth-order valence-corrected chi connectivity index (χ4v) is 3.94. The predicted octanol–water partition coefficient (Wildman–Crippen LogP) is 5.02. The molecule has 4 aromatic rings. The number of H-pyrrole nitrogens is 2. The topological polar surface area (TPSA) is 60.6 Å². The van der Waals surface area contributed by atoms with E-state index in [0.717, 1.165) is 11.2 Å². The normalized spacial score (nSPS) is 16.2. The summed E-state index contributed by atoms with van der Waals surface area (Å²) >= 11 is 0. The number of hydrogen-bond acceptors (Lipinski definition) is 3. The Kier molecular flexibility index (Phi) is 4.01. The van der Waals surface area contributed by atoms with E-state index in [-0.39, 0.29) is 18.7 Å². The highest BCUT2D eigenvalue weighted by Gasteiger charge is 2.41. The number of aromatic amines is 2. The number of fused-ring (bicyclic) bond motifs is 2. The molecule has 0 aliphatic carbocycles. The Morgan fingerprint density at radius 2 is 1.79 bits per heavy atom. The molecule has 2 aromatic heterocycles. The van der Waals surface area contributed by atoms with Crippen molar-refractivity contribution in [3.05, 3.63) is 42.2 Å². The minimum Gasteiger partial charge on any atom is -0.371 e. The van der Waals surface area contributed by atoms with E-state index in [9.17, 15) is 17.6 Å². The maximum Gasteiger partial charge on any atom is 0.391 e. The lowest BCUT2D eigenvalue weighted by atomic mass is 9.96. The number of nitrogens with one attached hydrogen (secondary N) is 2. The molecule has 1 aliphatic rings. The molecule has 5 rings (SSSR count). The van der Waals surface area contributed by atoms with Crippen LogP contribution in [0.2, 0.25) is 0 Å². The quantitative estimate of drug-likeness (QED) is 0.462. The molecular formula is C20H17F4N5. The molecule has 0 spiro atoms. The van der Waals surface area contributed by atoms with Crippen LogP contribution in [0.25, 0.3) is 33.5 Å². The molecule has 0 bridgehead atoms. The first-order valence-electron chi connectivity index (χ1n) is 9.34. The summed E-state index contributed by atoms with van der Waals surface area (Å²) in [6.45, 7) is 0.722. The monoisotopic (exact) mass is 403 g/mol. The van der Waals surface area contributed by atoms with Crippen LogP contribution in [0, 0.1) is 11.7 Å². The molecule has 150 valence electrons. The fourth-order valence-electron chi connectivity index (χ4n) is 3.94. The van der Waals surface area contributed by atoms with Crippen molar-refractivity contribution in [2.75, 3.05) is 18.0 Å². The Bertz CT molecular complexity index is 1180. The van der Waals surface area contributed by atoms with Crippen LogP contribution >= 0.6 is 0 Å². The molecular weight excluding hydrogens is 386 g/mol. The molecule has 29 heavy (non-hydrogen) atoms. The largest absolute Gasteiger partial charge is 0.391 e. The van der Waals surface area contributed by atoms with Crippen molar-refractivity contribution in [2.45, 2.75) is 19.0 Å². The molecule has 0 radical (unpaired) electrons. The second kappa shape index (κ2) is 6.47. The highest BCUT2D eigenvalue weighted by Crippen LogP contribution is 2.36. The number of alkyl halides is 3. The van der Waals surface area contributed by atoms with Gasteiger partial charge >= 0.3 is 6.18 Å². The van der Waals surface area contributed by atoms with Gasteiger partial charge in [0.05, 0.1) is 22.5 Å². The van der Waals surface area contributed by atoms with Crippen molar-refractivity contribution in [1.82, 2.24) is 20.2 Å². The molecule has 0 atom stereocenters. The van der Waals surface area contributed by atoms with E-state index in [0.29, 0.717) is 41.0 Å². The predicted molar refractivity (Wildman–Crippen MR) is 102 cm³/mol. The zero-order valence-electron chi connectivity index (χ0n) is 15.2. The van der Waals surface area contributed by atoms with E-state index >= 15 is 0 Å². The number of rotatable bonds is 2. The van der Waals surface area contributed by atoms with Gasteiger partial charge in [-0.3, -0.25) is 5.10 Å². The van der Waals surface area contributed by atoms with Crippen molar-refractivity contribution >= 4 is 27.6 Å². The first-order chi connectivity index (χ1) is 13.9. The maximum absolute atomic E-state index is 13.6. The number of anilines is 1. The lowest BCUT2D eigenvalue weighted by Gasteiger charge is -2.34. The molecule has 2 aromatic carbocycles. The first-order valence-corrected chi connectivity index (χ1v) is 9.34. The lowest BCUT2D eigenvalue weighted by molar-refractivity contribution is -0.179. The Morgan fingerprint density at radius 3 is 2.55 bits per heavy atom. The van der Waals surface area contributed by atoms with Gasteiger partial charge in [-0.2, -0.15) is 18.3 Å². The molecule has 5 nitrogen and oxygen atoms in total. The van der Waals surface area contributed by atoms with Crippen LogP contribution in [0.15, 0.2) is 36.4 Å². The fraction of sp³-hybridized carbons (Fsp3) is 0.300. The van der Waals surface area contributed by atoms with Crippen LogP contribution in [-0.2, 0) is 0 Å². The SMILES string of the molecule is Fc1ccc2[nH]nc(-c3nc4ccc(N5CCC(C(F)(F)F)CC5)cc4[nH]3)c2c1. The zero-order chi connectivity index (χ0) is 20.2. The summed E-state index contributed by atoms with van der Waals surface area (Å²) in [6, 6.07) is 9.95. The third-order valence-electron chi connectivity index (χ3n) is 5.54. The minimum atomic E-state index is -4.12. The van der Waals surface area contributed by atoms with E-state index in [1.54, 1.807) is 6.07 Å². The molecule has 0 amide bonds. The summed E-state index contributed by atoms with van der Waals surface area (Å²) < 4.78 is 52.3. The number of halogens is 4. The average Bonchev–Trinajstić information content (AvgIpc) is 3.30. The zero-order valence-corrected chi connectivity index (χ0v) is 15.2. The second-order valence-corrected chi connectivity index (χ2v) is 7.35. The Labute approximate surface area is 162 Å². The minimum absolute atomic E-state index is 0.0978. The van der Waals surface area contributed by atoms with Gasteiger partial charge in [0.15, 0.2) is 5.82 Å². The van der Waals surface area contributed by atoms with Gasteiger partial charge in [0.25, 0.3) is 0 Å². The molecule has 0 unspecified atom stereocenters. The van der Waals surface area contributed by atoms with E-state index in [1.807, 2.05) is 23.1 Å². The van der Waals surface area contributed by atoms with Crippen LogP contribution in [0.1, 0.15) is 12.8 Å². The van der Waals surface area contributed by atoms with Crippen molar-refractivity contribution in [3.8, 4) is 11.5 Å². The number of benzene rings is 2. The summed E-state index contributed by atoms with van der Waals surface area (Å²) in [5, 5.41) is 7.73. The van der Waals surface area contributed by atoms with Gasteiger partial charge in [0, 0.05) is 24.2 Å². The van der Waals surface area contributed by atoms with Gasteiger partial charge in [-0.05, 0) is 49.2 Å². The van der Waals surface area contributed by atoms with E-state index in [4.69, 9.17) is 0 Å². The number of hydrogen-bond donors (Lipinski definition) is 2. The van der Waals surface area contributed by atoms with Gasteiger partial charge in [0.1, 0.15) is 11.5 Å². The third-order valence-corrected chi connectivity index (χ3v) is 5.54. The van der Waals surface area contributed by atoms with Crippen LogP contribution < -0.4 is 4.90 Å². The van der Waals surface area contributed by atoms with Crippen LogP contribution in [0.4, 0.5) is 23.2 Å². The summed E-state index contributed by atoms with van der Waals surface area (Å²) in [6.07, 6.45) is -3.93. The van der Waals surface area contributed by atoms with Crippen molar-refractivity contribution in [2.24, 2.45) is 5.92 Å². The van der Waals surface area contributed by atoms with Crippen LogP contribution in [0.3, 0.4) is 0 Å². The summed E-state index contributed by atoms with van der Waals surface area (Å²) in [4.78, 5) is 9.70. The number of piperidine rings is 1. The van der Waals surface area contributed by atoms with Gasteiger partial charge < -0.3 is 9.88 Å². The Hall–Kier alpha value is -3.10. The highest BCUT2D eigenvalue weighted by molar-refractivity contribution is 5.93. The van der Waals surface area contributed by atoms with Crippen molar-refractivity contribution in [3.63, 3.8) is 0 Å². The van der Waals surface area contributed by atoms with Gasteiger partial charge in [-0.1, -0.05) is 0 Å². The van der Waals surface area contributed by atoms with Crippen molar-refractivity contribution < 1.29 is 17.6 Å². The van der Waals surface area contributed by atoms with Crippen molar-refractivity contribution in [1.29, 1.82) is 0 Å². The number of aromatic nitrogens is 4. The summed E-state index contributed by atoms with van der Waals surface area (Å²) in [5.41, 5.74) is 3.54. The summed E-state index contributed by atoms with van der Waals surface area (Å²) in [7, 11) is 0. The molecule has 3 heterocycles. The van der Waals surface area contributed by atoms with Gasteiger partial charge in [0.2, 0.25) is 0 Å². The van der Waals surface area contributed by atoms with Crippen LogP contribution in [-0.4, -0.2) is 39.4 Å². The molecule has 1 saturated heterocycles. The average molecular weight is 403 g/mol. The lowest BCUT2D eigenvalue weighted by Crippen LogP contribution is -2.38. The van der Waals surface area contributed by atoms with Crippen LogP contribution in [0.5, 0.6) is 0 Å². The first kappa shape index (κ1) is 18.0. The smallest absolute Gasteiger partial charge is 0.371 e. The van der Waals surface area contributed by atoms with Gasteiger partial charge in [-0.25, -0.2) is 9.37 Å².